The van der Waals surface area contributed by atoms with Crippen LogP contribution >= 0.6 is 0 Å². The van der Waals surface area contributed by atoms with Gasteiger partial charge in [-0.3, -0.25) is 0 Å². The second kappa shape index (κ2) is 8.69. The molecule has 0 aliphatic carbocycles. The topological polar surface area (TPSA) is 50.3 Å². The first-order valence-electron chi connectivity index (χ1n) is 6.99. The Hall–Kier alpha value is -1.36. The maximum absolute atomic E-state index is 5.61. The van der Waals surface area contributed by atoms with Gasteiger partial charge in [0, 0.05) is 12.6 Å². The molecular weight excluding hydrogens is 240 g/mol. The number of hydrogen-bond acceptors (Lipinski definition) is 5. The lowest BCUT2D eigenvalue weighted by molar-refractivity contribution is 0.296. The van der Waals surface area contributed by atoms with Gasteiger partial charge in [-0.25, -0.2) is 4.98 Å². The van der Waals surface area contributed by atoms with Crippen molar-refractivity contribution in [3.8, 4) is 5.88 Å². The summed E-state index contributed by atoms with van der Waals surface area (Å²) in [5, 5.41) is 3.31. The summed E-state index contributed by atoms with van der Waals surface area (Å²) in [4.78, 5) is 10.8. The minimum absolute atomic E-state index is 0.663. The van der Waals surface area contributed by atoms with Gasteiger partial charge in [0.2, 0.25) is 5.88 Å². The highest BCUT2D eigenvalue weighted by Gasteiger charge is 2.02. The maximum atomic E-state index is 5.61. The Balaban J connectivity index is 2.44. The average molecular weight is 266 g/mol. The minimum Gasteiger partial charge on any atom is -0.478 e. The fourth-order valence-electron chi connectivity index (χ4n) is 1.64. The lowest BCUT2D eigenvalue weighted by Crippen LogP contribution is -2.16. The van der Waals surface area contributed by atoms with E-state index in [1.165, 1.54) is 0 Å². The van der Waals surface area contributed by atoms with Crippen molar-refractivity contribution in [2.75, 3.05) is 39.1 Å². The summed E-state index contributed by atoms with van der Waals surface area (Å²) < 4.78 is 5.61. The molecule has 0 bridgehead atoms. The Labute approximate surface area is 116 Å². The Morgan fingerprint density at radius 1 is 1.26 bits per heavy atom. The number of unbranched alkanes of at least 4 members (excludes halogenated alkanes) is 1. The van der Waals surface area contributed by atoms with Gasteiger partial charge < -0.3 is 15.0 Å². The molecule has 0 aromatic carbocycles. The number of ether oxygens (including phenoxy) is 1. The molecule has 0 aliphatic heterocycles. The summed E-state index contributed by atoms with van der Waals surface area (Å²) in [6, 6.07) is 1.87. The van der Waals surface area contributed by atoms with Gasteiger partial charge in [0.05, 0.1) is 6.61 Å². The van der Waals surface area contributed by atoms with E-state index < -0.39 is 0 Å². The number of nitrogens with one attached hydrogen (secondary N) is 1. The highest BCUT2D eigenvalue weighted by atomic mass is 16.5. The van der Waals surface area contributed by atoms with Crippen molar-refractivity contribution in [1.29, 1.82) is 0 Å². The third-order valence-electron chi connectivity index (χ3n) is 2.65. The number of hydrogen-bond donors (Lipinski definition) is 1. The van der Waals surface area contributed by atoms with Crippen LogP contribution in [0.4, 0.5) is 5.82 Å². The third-order valence-corrected chi connectivity index (χ3v) is 2.65. The molecule has 0 aliphatic rings. The summed E-state index contributed by atoms with van der Waals surface area (Å²) in [7, 11) is 4.16. The summed E-state index contributed by atoms with van der Waals surface area (Å²) in [5.41, 5.74) is 0. The van der Waals surface area contributed by atoms with E-state index >= 15 is 0 Å². The van der Waals surface area contributed by atoms with E-state index in [2.05, 4.69) is 41.2 Å². The highest BCUT2D eigenvalue weighted by molar-refractivity contribution is 5.38. The first kappa shape index (κ1) is 15.7. The van der Waals surface area contributed by atoms with Crippen molar-refractivity contribution in [3.05, 3.63) is 11.9 Å². The number of rotatable bonds is 9. The lowest BCUT2D eigenvalue weighted by atomic mass is 10.4. The predicted molar refractivity (Wildman–Crippen MR) is 78.8 cm³/mol. The third kappa shape index (κ3) is 6.96. The first-order chi connectivity index (χ1) is 9.11. The highest BCUT2D eigenvalue weighted by Crippen LogP contribution is 2.13. The minimum atomic E-state index is 0.663. The van der Waals surface area contributed by atoms with E-state index in [1.54, 1.807) is 0 Å². The lowest BCUT2D eigenvalue weighted by Gasteiger charge is -2.11. The van der Waals surface area contributed by atoms with Crippen LogP contribution in [0.5, 0.6) is 5.88 Å². The van der Waals surface area contributed by atoms with E-state index in [0.717, 1.165) is 44.0 Å². The summed E-state index contributed by atoms with van der Waals surface area (Å²) in [5.74, 6) is 2.25. The molecule has 1 heterocycles. The van der Waals surface area contributed by atoms with Crippen LogP contribution in [0.3, 0.4) is 0 Å². The first-order valence-corrected chi connectivity index (χ1v) is 6.99. The van der Waals surface area contributed by atoms with E-state index in [9.17, 15) is 0 Å². The standard InChI is InChI=1S/C14H26N4O/c1-5-6-10-19-14-11-13(16-12(2)17-14)15-8-7-9-18(3)4/h11H,5-10H2,1-4H3,(H,15,16,17). The van der Waals surface area contributed by atoms with E-state index in [0.29, 0.717) is 12.5 Å². The fraction of sp³-hybridized carbons (Fsp3) is 0.714. The zero-order valence-corrected chi connectivity index (χ0v) is 12.6. The molecule has 0 spiro atoms. The molecule has 0 saturated carbocycles. The van der Waals surface area contributed by atoms with Crippen molar-refractivity contribution in [1.82, 2.24) is 14.9 Å². The molecule has 108 valence electrons. The molecule has 0 radical (unpaired) electrons. The normalized spacial score (nSPS) is 10.8. The van der Waals surface area contributed by atoms with Crippen LogP contribution < -0.4 is 10.1 Å². The molecule has 0 fully saturated rings. The quantitative estimate of drug-likeness (QED) is 0.695. The molecule has 5 nitrogen and oxygen atoms in total. The fourth-order valence-corrected chi connectivity index (χ4v) is 1.64. The van der Waals surface area contributed by atoms with Gasteiger partial charge in [0.1, 0.15) is 11.6 Å². The van der Waals surface area contributed by atoms with Gasteiger partial charge in [-0.2, -0.15) is 4.98 Å². The largest absolute Gasteiger partial charge is 0.478 e. The van der Waals surface area contributed by atoms with Crippen LogP contribution in [-0.2, 0) is 0 Å². The van der Waals surface area contributed by atoms with Gasteiger partial charge in [0.15, 0.2) is 0 Å². The second-order valence-electron chi connectivity index (χ2n) is 4.92. The molecule has 1 rings (SSSR count). The smallest absolute Gasteiger partial charge is 0.218 e. The summed E-state index contributed by atoms with van der Waals surface area (Å²) >= 11 is 0. The van der Waals surface area contributed by atoms with Crippen LogP contribution in [0.25, 0.3) is 0 Å². The van der Waals surface area contributed by atoms with Crippen molar-refractivity contribution in [2.45, 2.75) is 33.1 Å². The molecule has 1 aromatic rings. The van der Waals surface area contributed by atoms with Gasteiger partial charge in [-0.05, 0) is 40.4 Å². The van der Waals surface area contributed by atoms with Crippen molar-refractivity contribution in [3.63, 3.8) is 0 Å². The summed E-state index contributed by atoms with van der Waals surface area (Å²) in [6.45, 7) is 6.72. The Kier molecular flexibility index (Phi) is 7.18. The molecule has 0 atom stereocenters. The molecular formula is C14H26N4O. The number of anilines is 1. The van der Waals surface area contributed by atoms with E-state index in [1.807, 2.05) is 13.0 Å². The zero-order valence-electron chi connectivity index (χ0n) is 12.6. The van der Waals surface area contributed by atoms with Crippen molar-refractivity contribution in [2.24, 2.45) is 0 Å². The predicted octanol–water partition coefficient (Wildman–Crippen LogP) is 2.33. The van der Waals surface area contributed by atoms with E-state index in [4.69, 9.17) is 4.74 Å². The maximum Gasteiger partial charge on any atom is 0.218 e. The van der Waals surface area contributed by atoms with Crippen LogP contribution in [0.1, 0.15) is 32.0 Å². The molecule has 0 amide bonds. The van der Waals surface area contributed by atoms with Crippen LogP contribution in [0.15, 0.2) is 6.07 Å². The Bertz CT molecular complexity index is 368. The molecule has 0 unspecified atom stereocenters. The van der Waals surface area contributed by atoms with Crippen LogP contribution in [0.2, 0.25) is 0 Å². The SMILES string of the molecule is CCCCOc1cc(NCCCN(C)C)nc(C)n1. The van der Waals surface area contributed by atoms with E-state index in [-0.39, 0.29) is 0 Å². The van der Waals surface area contributed by atoms with Gasteiger partial charge in [0.25, 0.3) is 0 Å². The van der Waals surface area contributed by atoms with Crippen molar-refractivity contribution >= 4 is 5.82 Å². The van der Waals surface area contributed by atoms with Crippen molar-refractivity contribution < 1.29 is 4.74 Å². The Morgan fingerprint density at radius 3 is 2.74 bits per heavy atom. The monoisotopic (exact) mass is 266 g/mol. The molecule has 5 heteroatoms. The average Bonchev–Trinajstić information content (AvgIpc) is 2.34. The molecule has 0 saturated heterocycles. The number of nitrogens with zero attached hydrogens (tertiary/aromatic N) is 3. The van der Waals surface area contributed by atoms with Crippen LogP contribution in [-0.4, -0.2) is 48.7 Å². The summed E-state index contributed by atoms with van der Waals surface area (Å²) in [6.07, 6.45) is 3.26. The van der Waals surface area contributed by atoms with Crippen LogP contribution in [0, 0.1) is 6.92 Å². The second-order valence-corrected chi connectivity index (χ2v) is 4.92. The number of aryl methyl sites for hydroxylation is 1. The number of aromatic nitrogens is 2. The van der Waals surface area contributed by atoms with Gasteiger partial charge in [-0.15, -0.1) is 0 Å². The zero-order chi connectivity index (χ0) is 14.1. The van der Waals surface area contributed by atoms with Gasteiger partial charge in [-0.1, -0.05) is 13.3 Å². The molecule has 1 aromatic heterocycles. The van der Waals surface area contributed by atoms with Gasteiger partial charge >= 0.3 is 0 Å². The molecule has 1 N–H and O–H groups in total. The molecule has 19 heavy (non-hydrogen) atoms. The Morgan fingerprint density at radius 2 is 2.05 bits per heavy atom.